The van der Waals surface area contributed by atoms with Crippen LogP contribution in [0.2, 0.25) is 0 Å². The van der Waals surface area contributed by atoms with Gasteiger partial charge >= 0.3 is 0 Å². The molecule has 1 fully saturated rings. The van der Waals surface area contributed by atoms with Gasteiger partial charge in [0.05, 0.1) is 0 Å². The fraction of sp³-hybridized carbons (Fsp3) is 0.350. The molecule has 1 aliphatic heterocycles. The number of amides is 2. The zero-order chi connectivity index (χ0) is 18.5. The second-order valence-corrected chi connectivity index (χ2v) is 6.39. The topological polar surface area (TPSA) is 62.6 Å². The number of pyridine rings is 1. The zero-order valence-electron chi connectivity index (χ0n) is 14.9. The molecule has 0 bridgehead atoms. The Morgan fingerprint density at radius 2 is 1.58 bits per heavy atom. The quantitative estimate of drug-likeness (QED) is 0.835. The number of nitrogens with zero attached hydrogens (tertiary/aromatic N) is 3. The van der Waals surface area contributed by atoms with Gasteiger partial charge in [0.15, 0.2) is 0 Å². The molecular formula is C20H23N3O3. The van der Waals surface area contributed by atoms with E-state index >= 15 is 0 Å². The predicted molar refractivity (Wildman–Crippen MR) is 99.0 cm³/mol. The highest BCUT2D eigenvalue weighted by Gasteiger charge is 2.25. The van der Waals surface area contributed by atoms with E-state index < -0.39 is 0 Å². The molecule has 0 atom stereocenters. The highest BCUT2D eigenvalue weighted by Crippen LogP contribution is 2.11. The zero-order valence-corrected chi connectivity index (χ0v) is 14.9. The molecule has 0 spiro atoms. The highest BCUT2D eigenvalue weighted by atomic mass is 16.2. The maximum atomic E-state index is 12.6. The van der Waals surface area contributed by atoms with Gasteiger partial charge in [0.2, 0.25) is 5.91 Å². The van der Waals surface area contributed by atoms with E-state index in [2.05, 4.69) is 6.92 Å². The van der Waals surface area contributed by atoms with Crippen molar-refractivity contribution in [3.63, 3.8) is 0 Å². The summed E-state index contributed by atoms with van der Waals surface area (Å²) in [6, 6.07) is 12.5. The lowest BCUT2D eigenvalue weighted by molar-refractivity contribution is -0.133. The second-order valence-electron chi connectivity index (χ2n) is 6.39. The highest BCUT2D eigenvalue weighted by molar-refractivity contribution is 5.94. The number of rotatable bonds is 4. The van der Waals surface area contributed by atoms with Gasteiger partial charge in [-0.05, 0) is 30.2 Å². The summed E-state index contributed by atoms with van der Waals surface area (Å²) in [6.07, 6.45) is 2.56. The first-order valence-electron chi connectivity index (χ1n) is 8.90. The summed E-state index contributed by atoms with van der Waals surface area (Å²) in [6.45, 7) is 4.09. The van der Waals surface area contributed by atoms with Gasteiger partial charge in [0.1, 0.15) is 6.54 Å². The largest absolute Gasteiger partial charge is 0.338 e. The number of piperazine rings is 1. The van der Waals surface area contributed by atoms with Crippen LogP contribution in [0.3, 0.4) is 0 Å². The van der Waals surface area contributed by atoms with E-state index in [0.29, 0.717) is 31.7 Å². The molecule has 2 heterocycles. The van der Waals surface area contributed by atoms with Gasteiger partial charge in [-0.25, -0.2) is 0 Å². The van der Waals surface area contributed by atoms with E-state index in [1.807, 2.05) is 24.3 Å². The monoisotopic (exact) mass is 353 g/mol. The van der Waals surface area contributed by atoms with Crippen molar-refractivity contribution in [2.45, 2.75) is 19.9 Å². The molecule has 26 heavy (non-hydrogen) atoms. The average Bonchev–Trinajstić information content (AvgIpc) is 2.69. The lowest BCUT2D eigenvalue weighted by Gasteiger charge is -2.35. The number of benzene rings is 1. The molecule has 2 amide bonds. The maximum Gasteiger partial charge on any atom is 0.253 e. The SMILES string of the molecule is CCc1ccc(C(=O)N2CCN(C(=O)Cn3ccccc3=O)CC2)cc1. The molecule has 6 nitrogen and oxygen atoms in total. The average molecular weight is 353 g/mol. The van der Waals surface area contributed by atoms with Crippen molar-refractivity contribution < 1.29 is 9.59 Å². The van der Waals surface area contributed by atoms with Gasteiger partial charge in [0, 0.05) is 44.0 Å². The van der Waals surface area contributed by atoms with E-state index in [0.717, 1.165) is 6.42 Å². The molecule has 6 heteroatoms. The Morgan fingerprint density at radius 1 is 0.923 bits per heavy atom. The first kappa shape index (κ1) is 17.9. The van der Waals surface area contributed by atoms with Gasteiger partial charge in [0.25, 0.3) is 11.5 Å². The first-order chi connectivity index (χ1) is 12.6. The Labute approximate surface area is 152 Å². The molecule has 1 aromatic heterocycles. The summed E-state index contributed by atoms with van der Waals surface area (Å²) < 4.78 is 1.40. The molecule has 1 saturated heterocycles. The van der Waals surface area contributed by atoms with Crippen molar-refractivity contribution in [3.05, 3.63) is 70.1 Å². The molecule has 3 rings (SSSR count). The van der Waals surface area contributed by atoms with Crippen LogP contribution in [0.25, 0.3) is 0 Å². The predicted octanol–water partition coefficient (Wildman–Crippen LogP) is 1.40. The van der Waals surface area contributed by atoms with E-state index in [4.69, 9.17) is 0 Å². The van der Waals surface area contributed by atoms with Gasteiger partial charge in [-0.2, -0.15) is 0 Å². The number of aryl methyl sites for hydroxylation is 1. The third-order valence-electron chi connectivity index (χ3n) is 4.73. The van der Waals surface area contributed by atoms with Crippen LogP contribution in [-0.2, 0) is 17.8 Å². The van der Waals surface area contributed by atoms with Gasteiger partial charge in [-0.1, -0.05) is 25.1 Å². The molecule has 1 aliphatic rings. The van der Waals surface area contributed by atoms with Crippen molar-refractivity contribution in [1.82, 2.24) is 14.4 Å². The minimum absolute atomic E-state index is 0.000897. The van der Waals surface area contributed by atoms with E-state index in [1.165, 1.54) is 16.2 Å². The van der Waals surface area contributed by atoms with Crippen LogP contribution in [0.1, 0.15) is 22.8 Å². The molecule has 1 aromatic carbocycles. The standard InChI is InChI=1S/C20H23N3O3/c1-2-16-6-8-17(9-7-16)20(26)22-13-11-21(12-14-22)19(25)15-23-10-4-3-5-18(23)24/h3-10H,2,11-15H2,1H3. The van der Waals surface area contributed by atoms with Crippen molar-refractivity contribution in [2.75, 3.05) is 26.2 Å². The normalized spacial score (nSPS) is 14.3. The minimum atomic E-state index is -0.190. The summed E-state index contributed by atoms with van der Waals surface area (Å²) >= 11 is 0. The molecule has 0 aliphatic carbocycles. The molecule has 2 aromatic rings. The Morgan fingerprint density at radius 3 is 2.19 bits per heavy atom. The number of carbonyl (C=O) groups excluding carboxylic acids is 2. The number of aromatic nitrogens is 1. The molecular weight excluding hydrogens is 330 g/mol. The van der Waals surface area contributed by atoms with Crippen LogP contribution in [0.5, 0.6) is 0 Å². The minimum Gasteiger partial charge on any atom is -0.338 e. The number of hydrogen-bond acceptors (Lipinski definition) is 3. The molecule has 0 N–H and O–H groups in total. The number of hydrogen-bond donors (Lipinski definition) is 0. The first-order valence-corrected chi connectivity index (χ1v) is 8.90. The van der Waals surface area contributed by atoms with Crippen molar-refractivity contribution in [3.8, 4) is 0 Å². The lowest BCUT2D eigenvalue weighted by atomic mass is 10.1. The lowest BCUT2D eigenvalue weighted by Crippen LogP contribution is -2.51. The fourth-order valence-electron chi connectivity index (χ4n) is 3.06. The Kier molecular flexibility index (Phi) is 5.51. The van der Waals surface area contributed by atoms with Crippen LogP contribution in [0.15, 0.2) is 53.5 Å². The van der Waals surface area contributed by atoms with Crippen LogP contribution in [0, 0.1) is 0 Å². The van der Waals surface area contributed by atoms with E-state index in [-0.39, 0.29) is 23.9 Å². The smallest absolute Gasteiger partial charge is 0.253 e. The molecule has 0 unspecified atom stereocenters. The van der Waals surface area contributed by atoms with Crippen LogP contribution < -0.4 is 5.56 Å². The van der Waals surface area contributed by atoms with Crippen LogP contribution in [-0.4, -0.2) is 52.4 Å². The third kappa shape index (κ3) is 4.02. The van der Waals surface area contributed by atoms with Gasteiger partial charge < -0.3 is 14.4 Å². The molecule has 0 saturated carbocycles. The summed E-state index contributed by atoms with van der Waals surface area (Å²) in [4.78, 5) is 40.2. The molecule has 136 valence electrons. The summed E-state index contributed by atoms with van der Waals surface area (Å²) in [5, 5.41) is 0. The number of carbonyl (C=O) groups is 2. The summed E-state index contributed by atoms with van der Waals surface area (Å²) in [5.41, 5.74) is 1.69. The van der Waals surface area contributed by atoms with Gasteiger partial charge in [-0.15, -0.1) is 0 Å². The van der Waals surface area contributed by atoms with Crippen molar-refractivity contribution in [1.29, 1.82) is 0 Å². The van der Waals surface area contributed by atoms with E-state index in [9.17, 15) is 14.4 Å². The third-order valence-corrected chi connectivity index (χ3v) is 4.73. The fourth-order valence-corrected chi connectivity index (χ4v) is 3.06. The summed E-state index contributed by atoms with van der Waals surface area (Å²) in [5.74, 6) is -0.100. The molecule has 0 radical (unpaired) electrons. The van der Waals surface area contributed by atoms with Crippen LogP contribution >= 0.6 is 0 Å². The van der Waals surface area contributed by atoms with Crippen molar-refractivity contribution in [2.24, 2.45) is 0 Å². The Bertz CT molecular complexity index is 834. The maximum absolute atomic E-state index is 12.6. The summed E-state index contributed by atoms with van der Waals surface area (Å²) in [7, 11) is 0. The van der Waals surface area contributed by atoms with Crippen molar-refractivity contribution >= 4 is 11.8 Å². The van der Waals surface area contributed by atoms with E-state index in [1.54, 1.807) is 28.1 Å². The van der Waals surface area contributed by atoms with Gasteiger partial charge in [-0.3, -0.25) is 14.4 Å². The Balaban J connectivity index is 1.56. The van der Waals surface area contributed by atoms with Crippen LogP contribution in [0.4, 0.5) is 0 Å². The second kappa shape index (κ2) is 7.99. The Hall–Kier alpha value is -2.89.